The van der Waals surface area contributed by atoms with E-state index in [-0.39, 0.29) is 18.3 Å². The van der Waals surface area contributed by atoms with Crippen LogP contribution in [0.1, 0.15) is 34.1 Å². The van der Waals surface area contributed by atoms with Gasteiger partial charge in [-0.2, -0.15) is 0 Å². The van der Waals surface area contributed by atoms with E-state index in [1.165, 1.54) is 0 Å². The molecule has 0 bridgehead atoms. The SMILES string of the molecule is COCC/C=C/B1OC(C)(C)C(C)(C)O1. The van der Waals surface area contributed by atoms with E-state index < -0.39 is 0 Å². The Morgan fingerprint density at radius 1 is 1.13 bits per heavy atom. The van der Waals surface area contributed by atoms with Crippen LogP contribution in [0.25, 0.3) is 0 Å². The van der Waals surface area contributed by atoms with E-state index in [0.717, 1.165) is 13.0 Å². The highest BCUT2D eigenvalue weighted by molar-refractivity contribution is 6.51. The summed E-state index contributed by atoms with van der Waals surface area (Å²) in [6.45, 7) is 8.94. The molecule has 15 heavy (non-hydrogen) atoms. The maximum absolute atomic E-state index is 5.79. The molecule has 1 aliphatic heterocycles. The highest BCUT2D eigenvalue weighted by Gasteiger charge is 2.49. The van der Waals surface area contributed by atoms with Crippen LogP contribution in [0.4, 0.5) is 0 Å². The second-order valence-corrected chi connectivity index (χ2v) is 4.83. The third-order valence-corrected chi connectivity index (χ3v) is 3.05. The van der Waals surface area contributed by atoms with Crippen LogP contribution >= 0.6 is 0 Å². The molecule has 1 saturated heterocycles. The number of ether oxygens (including phenoxy) is 1. The number of hydrogen-bond acceptors (Lipinski definition) is 3. The van der Waals surface area contributed by atoms with Gasteiger partial charge in [-0.15, -0.1) is 0 Å². The Labute approximate surface area is 92.9 Å². The summed E-state index contributed by atoms with van der Waals surface area (Å²) in [5.41, 5.74) is -0.494. The monoisotopic (exact) mass is 212 g/mol. The minimum absolute atomic E-state index is 0.230. The molecule has 0 aliphatic carbocycles. The van der Waals surface area contributed by atoms with Crippen LogP contribution in [-0.4, -0.2) is 32.0 Å². The molecule has 0 atom stereocenters. The van der Waals surface area contributed by atoms with Gasteiger partial charge in [-0.25, -0.2) is 0 Å². The van der Waals surface area contributed by atoms with Gasteiger partial charge in [0.05, 0.1) is 11.2 Å². The fraction of sp³-hybridized carbons (Fsp3) is 0.818. The molecule has 4 heteroatoms. The third-order valence-electron chi connectivity index (χ3n) is 3.05. The van der Waals surface area contributed by atoms with Crippen LogP contribution in [0.2, 0.25) is 0 Å². The number of hydrogen-bond donors (Lipinski definition) is 0. The van der Waals surface area contributed by atoms with Crippen LogP contribution in [-0.2, 0) is 14.0 Å². The second kappa shape index (κ2) is 4.68. The molecule has 1 heterocycles. The molecule has 86 valence electrons. The van der Waals surface area contributed by atoms with Gasteiger partial charge in [0.25, 0.3) is 0 Å². The highest BCUT2D eigenvalue weighted by atomic mass is 16.7. The highest BCUT2D eigenvalue weighted by Crippen LogP contribution is 2.36. The molecule has 0 N–H and O–H groups in total. The van der Waals surface area contributed by atoms with Crippen molar-refractivity contribution >= 4 is 7.12 Å². The van der Waals surface area contributed by atoms with Gasteiger partial charge in [0.2, 0.25) is 0 Å². The van der Waals surface area contributed by atoms with Crippen molar-refractivity contribution in [3.8, 4) is 0 Å². The molecule has 0 unspecified atom stereocenters. The zero-order chi connectivity index (χ0) is 11.5. The van der Waals surface area contributed by atoms with E-state index in [0.29, 0.717) is 0 Å². The third kappa shape index (κ3) is 3.07. The van der Waals surface area contributed by atoms with Gasteiger partial charge in [-0.1, -0.05) is 12.1 Å². The van der Waals surface area contributed by atoms with Crippen molar-refractivity contribution in [2.24, 2.45) is 0 Å². The van der Waals surface area contributed by atoms with Gasteiger partial charge in [0.1, 0.15) is 0 Å². The van der Waals surface area contributed by atoms with E-state index in [9.17, 15) is 0 Å². The molecule has 3 nitrogen and oxygen atoms in total. The van der Waals surface area contributed by atoms with Gasteiger partial charge >= 0.3 is 7.12 Å². The first-order chi connectivity index (χ1) is 6.89. The fourth-order valence-corrected chi connectivity index (χ4v) is 1.36. The van der Waals surface area contributed by atoms with Crippen LogP contribution in [0.5, 0.6) is 0 Å². The van der Waals surface area contributed by atoms with Crippen LogP contribution in [0.15, 0.2) is 12.1 Å². The van der Waals surface area contributed by atoms with E-state index in [1.54, 1.807) is 7.11 Å². The molecule has 0 aromatic rings. The van der Waals surface area contributed by atoms with E-state index in [2.05, 4.69) is 27.7 Å². The van der Waals surface area contributed by atoms with E-state index >= 15 is 0 Å². The van der Waals surface area contributed by atoms with Crippen molar-refractivity contribution in [1.82, 2.24) is 0 Å². The Kier molecular flexibility index (Phi) is 3.98. The Morgan fingerprint density at radius 2 is 1.67 bits per heavy atom. The van der Waals surface area contributed by atoms with Crippen LogP contribution in [0, 0.1) is 0 Å². The summed E-state index contributed by atoms with van der Waals surface area (Å²) in [6, 6.07) is 0. The summed E-state index contributed by atoms with van der Waals surface area (Å²) in [5.74, 6) is 1.95. The van der Waals surface area contributed by atoms with Crippen molar-refractivity contribution < 1.29 is 14.0 Å². The molecular weight excluding hydrogens is 191 g/mol. The predicted molar refractivity (Wildman–Crippen MR) is 61.7 cm³/mol. The first kappa shape index (κ1) is 12.8. The smallest absolute Gasteiger partial charge is 0.400 e. The maximum Gasteiger partial charge on any atom is 0.486 e. The van der Waals surface area contributed by atoms with Crippen molar-refractivity contribution in [3.05, 3.63) is 12.1 Å². The van der Waals surface area contributed by atoms with E-state index in [4.69, 9.17) is 14.0 Å². The van der Waals surface area contributed by atoms with Gasteiger partial charge in [0.15, 0.2) is 0 Å². The molecule has 0 saturated carbocycles. The summed E-state index contributed by atoms with van der Waals surface area (Å²) in [4.78, 5) is 0. The summed E-state index contributed by atoms with van der Waals surface area (Å²) < 4.78 is 16.5. The minimum atomic E-state index is -0.247. The van der Waals surface area contributed by atoms with Crippen LogP contribution in [0.3, 0.4) is 0 Å². The van der Waals surface area contributed by atoms with Crippen molar-refractivity contribution in [3.63, 3.8) is 0 Å². The van der Waals surface area contributed by atoms with Gasteiger partial charge < -0.3 is 14.0 Å². The Hall–Kier alpha value is -0.315. The largest absolute Gasteiger partial charge is 0.486 e. The van der Waals surface area contributed by atoms with Crippen molar-refractivity contribution in [2.45, 2.75) is 45.3 Å². The average Bonchev–Trinajstić information content (AvgIpc) is 2.30. The average molecular weight is 212 g/mol. The molecule has 1 rings (SSSR count). The fourth-order valence-electron chi connectivity index (χ4n) is 1.36. The molecule has 0 amide bonds. The first-order valence-corrected chi connectivity index (χ1v) is 5.40. The zero-order valence-corrected chi connectivity index (χ0v) is 10.4. The predicted octanol–water partition coefficient (Wildman–Crippen LogP) is 2.21. The molecule has 0 aromatic heterocycles. The number of rotatable bonds is 4. The van der Waals surface area contributed by atoms with Crippen molar-refractivity contribution in [1.29, 1.82) is 0 Å². The summed E-state index contributed by atoms with van der Waals surface area (Å²) in [6.07, 6.45) is 2.92. The maximum atomic E-state index is 5.79. The van der Waals surface area contributed by atoms with Gasteiger partial charge in [-0.3, -0.25) is 0 Å². The lowest BCUT2D eigenvalue weighted by Crippen LogP contribution is -2.41. The normalized spacial score (nSPS) is 23.9. The molecular formula is C11H21BO3. The summed E-state index contributed by atoms with van der Waals surface area (Å²) >= 11 is 0. The lowest BCUT2D eigenvalue weighted by molar-refractivity contribution is 0.00578. The van der Waals surface area contributed by atoms with Gasteiger partial charge in [-0.05, 0) is 34.1 Å². The lowest BCUT2D eigenvalue weighted by Gasteiger charge is -2.32. The molecule has 0 spiro atoms. The standard InChI is InChI=1S/C11H21BO3/c1-10(2)11(3,4)15-12(14-10)8-6-7-9-13-5/h6,8H,7,9H2,1-5H3/b8-6+. The van der Waals surface area contributed by atoms with Gasteiger partial charge in [0, 0.05) is 13.7 Å². The number of methoxy groups -OCH3 is 1. The Balaban J connectivity index is 2.45. The molecule has 0 radical (unpaired) electrons. The Morgan fingerprint density at radius 3 is 2.13 bits per heavy atom. The minimum Gasteiger partial charge on any atom is -0.400 e. The topological polar surface area (TPSA) is 27.7 Å². The first-order valence-electron chi connectivity index (χ1n) is 5.40. The summed E-state index contributed by atoms with van der Waals surface area (Å²) in [5, 5.41) is 0. The second-order valence-electron chi connectivity index (χ2n) is 4.83. The molecule has 0 aromatic carbocycles. The van der Waals surface area contributed by atoms with Crippen LogP contribution < -0.4 is 0 Å². The van der Waals surface area contributed by atoms with Crippen molar-refractivity contribution in [2.75, 3.05) is 13.7 Å². The van der Waals surface area contributed by atoms with E-state index in [1.807, 2.05) is 12.1 Å². The lowest BCUT2D eigenvalue weighted by atomic mass is 9.90. The Bertz CT molecular complexity index is 220. The molecule has 1 fully saturated rings. The molecule has 1 aliphatic rings. The zero-order valence-electron chi connectivity index (χ0n) is 10.4. The summed E-state index contributed by atoms with van der Waals surface area (Å²) in [7, 11) is 1.47. The quantitative estimate of drug-likeness (QED) is 0.528.